The van der Waals surface area contributed by atoms with Crippen LogP contribution >= 0.6 is 0 Å². The number of nitrogens with one attached hydrogen (secondary N) is 2. The van der Waals surface area contributed by atoms with Crippen molar-refractivity contribution in [1.82, 2.24) is 10.6 Å². The molecule has 4 aromatic carbocycles. The normalized spacial score (nSPS) is 16.0. The molecule has 10 nitrogen and oxygen atoms in total. The van der Waals surface area contributed by atoms with Gasteiger partial charge in [0, 0.05) is 23.2 Å². The second-order valence-electron chi connectivity index (χ2n) is 12.7. The van der Waals surface area contributed by atoms with Gasteiger partial charge in [-0.1, -0.05) is 11.8 Å². The molecule has 274 valence electrons. The highest BCUT2D eigenvalue weighted by Crippen LogP contribution is 2.40. The third-order valence-corrected chi connectivity index (χ3v) is 10.0. The zero-order chi connectivity index (χ0) is 36.8. The monoisotopic (exact) mass is 708 g/mol. The van der Waals surface area contributed by atoms with Gasteiger partial charge in [-0.2, -0.15) is 0 Å². The molecule has 6 rings (SSSR count). The molecule has 4 aromatic rings. The molecule has 0 saturated carbocycles. The molecule has 0 fully saturated rings. The highest BCUT2D eigenvalue weighted by molar-refractivity contribution is 5.60. The fraction of sp³-hybridized carbons (Fsp3) is 0.381. The highest BCUT2D eigenvalue weighted by atomic mass is 16.5. The molecule has 2 N–H and O–H groups in total. The zero-order valence-corrected chi connectivity index (χ0v) is 31.3. The lowest BCUT2D eigenvalue weighted by Gasteiger charge is -2.29. The largest absolute Gasteiger partial charge is 0.493 e. The minimum Gasteiger partial charge on any atom is -0.493 e. The highest BCUT2D eigenvalue weighted by Gasteiger charge is 2.26. The molecule has 52 heavy (non-hydrogen) atoms. The van der Waals surface area contributed by atoms with Crippen molar-refractivity contribution >= 4 is 0 Å². The summed E-state index contributed by atoms with van der Waals surface area (Å²) in [5.41, 5.74) is 8.55. The minimum atomic E-state index is 0.0203. The van der Waals surface area contributed by atoms with E-state index in [0.29, 0.717) is 47.3 Å². The van der Waals surface area contributed by atoms with E-state index in [0.717, 1.165) is 59.7 Å². The molecular weight excluding hydrogens is 660 g/mol. The quantitative estimate of drug-likeness (QED) is 0.170. The van der Waals surface area contributed by atoms with Gasteiger partial charge in [0.25, 0.3) is 0 Å². The number of methoxy groups -OCH3 is 8. The topological polar surface area (TPSA) is 97.9 Å². The molecule has 0 unspecified atom stereocenters. The number of hydrogen-bond donors (Lipinski definition) is 2. The molecule has 2 aliphatic rings. The third-order valence-electron chi connectivity index (χ3n) is 10.0. The number of rotatable bonds is 12. The number of fused-ring (bicyclic) bond motifs is 2. The van der Waals surface area contributed by atoms with Crippen LogP contribution in [0.25, 0.3) is 0 Å². The maximum absolute atomic E-state index is 5.76. The first-order valence-electron chi connectivity index (χ1n) is 17.4. The van der Waals surface area contributed by atoms with Gasteiger partial charge in [-0.15, -0.1) is 0 Å². The summed E-state index contributed by atoms with van der Waals surface area (Å²) < 4.78 is 45.6. The smallest absolute Gasteiger partial charge is 0.161 e. The molecular formula is C42H48N2O8. The Kier molecular flexibility index (Phi) is 11.5. The fourth-order valence-electron chi connectivity index (χ4n) is 7.29. The predicted molar refractivity (Wildman–Crippen MR) is 200 cm³/mol. The molecule has 0 aromatic heterocycles. The first-order chi connectivity index (χ1) is 25.4. The second kappa shape index (κ2) is 16.4. The molecule has 0 aliphatic carbocycles. The van der Waals surface area contributed by atoms with Crippen molar-refractivity contribution in [2.75, 3.05) is 70.0 Å². The van der Waals surface area contributed by atoms with Gasteiger partial charge in [0.2, 0.25) is 0 Å². The Balaban J connectivity index is 1.42. The van der Waals surface area contributed by atoms with Gasteiger partial charge in [0.15, 0.2) is 46.0 Å². The van der Waals surface area contributed by atoms with E-state index in [1.807, 2.05) is 24.3 Å². The lowest BCUT2D eigenvalue weighted by molar-refractivity contribution is 0.351. The molecule has 2 heterocycles. The second-order valence-corrected chi connectivity index (χ2v) is 12.7. The summed E-state index contributed by atoms with van der Waals surface area (Å²) in [6, 6.07) is 16.3. The van der Waals surface area contributed by atoms with Crippen molar-refractivity contribution in [2.45, 2.75) is 37.8 Å². The van der Waals surface area contributed by atoms with Crippen LogP contribution in [0.4, 0.5) is 0 Å². The Labute approximate surface area is 306 Å². The lowest BCUT2D eigenvalue weighted by Crippen LogP contribution is -2.31. The summed E-state index contributed by atoms with van der Waals surface area (Å²) in [6.45, 7) is 1.68. The Morgan fingerprint density at radius 2 is 0.750 bits per heavy atom. The molecule has 2 atom stereocenters. The van der Waals surface area contributed by atoms with E-state index in [4.69, 9.17) is 37.9 Å². The predicted octanol–water partition coefficient (Wildman–Crippen LogP) is 6.01. The van der Waals surface area contributed by atoms with Crippen LogP contribution in [0.1, 0.15) is 56.6 Å². The van der Waals surface area contributed by atoms with Crippen LogP contribution in [0.5, 0.6) is 46.0 Å². The maximum atomic E-state index is 5.76. The molecule has 0 bridgehead atoms. The van der Waals surface area contributed by atoms with Crippen molar-refractivity contribution in [1.29, 1.82) is 0 Å². The van der Waals surface area contributed by atoms with Crippen LogP contribution < -0.4 is 48.5 Å². The van der Waals surface area contributed by atoms with Crippen molar-refractivity contribution in [3.8, 4) is 57.8 Å². The van der Waals surface area contributed by atoms with Gasteiger partial charge >= 0.3 is 0 Å². The minimum absolute atomic E-state index is 0.0203. The molecule has 2 aliphatic heterocycles. The summed E-state index contributed by atoms with van der Waals surface area (Å²) in [6.07, 6.45) is 3.13. The van der Waals surface area contributed by atoms with Gasteiger partial charge in [0.05, 0.1) is 56.9 Å². The first kappa shape index (κ1) is 36.5. The van der Waals surface area contributed by atoms with Crippen LogP contribution in [0, 0.1) is 11.8 Å². The van der Waals surface area contributed by atoms with Gasteiger partial charge < -0.3 is 48.5 Å². The van der Waals surface area contributed by atoms with Crippen molar-refractivity contribution < 1.29 is 37.9 Å². The average Bonchev–Trinajstić information content (AvgIpc) is 3.19. The summed E-state index contributed by atoms with van der Waals surface area (Å²) in [7, 11) is 13.2. The zero-order valence-electron chi connectivity index (χ0n) is 31.3. The summed E-state index contributed by atoms with van der Waals surface area (Å²) in [5, 5.41) is 7.43. The van der Waals surface area contributed by atoms with Gasteiger partial charge in [0.1, 0.15) is 0 Å². The molecule has 10 heteroatoms. The summed E-state index contributed by atoms with van der Waals surface area (Å²) in [5.74, 6) is 12.4. The van der Waals surface area contributed by atoms with Crippen LogP contribution in [-0.4, -0.2) is 70.0 Å². The van der Waals surface area contributed by atoms with Crippen molar-refractivity contribution in [3.63, 3.8) is 0 Å². The Bertz CT molecular complexity index is 1840. The van der Waals surface area contributed by atoms with Crippen LogP contribution in [0.2, 0.25) is 0 Å². The Hall–Kier alpha value is -5.24. The van der Waals surface area contributed by atoms with E-state index in [1.165, 1.54) is 22.3 Å². The number of benzene rings is 4. The SMILES string of the molecule is COc1cc(C#Cc2cc(OC)c(OC)cc2C[C@@H]2NCCc3cc(OC)c(OC)cc32)c(C[C@@H]2NCCc3cc(OC)c(OC)cc32)cc1OC. The van der Waals surface area contributed by atoms with E-state index >= 15 is 0 Å². The first-order valence-corrected chi connectivity index (χ1v) is 17.4. The standard InChI is InChI=1S/C42H48N2O8/c1-45-35-17-25(29(21-39(35)49-5)15-33-31-23-41(51-7)37(47-3)19-27(31)11-13-43-33)9-10-26-18-36(46-2)40(50-6)22-30(26)16-34-32-24-42(52-8)38(48-4)20-28(32)12-14-44-34/h17-24,33-34,43-44H,11-16H2,1-8H3/t33-,34-/m0/s1. The summed E-state index contributed by atoms with van der Waals surface area (Å²) >= 11 is 0. The number of ether oxygens (including phenoxy) is 8. The maximum Gasteiger partial charge on any atom is 0.161 e. The van der Waals surface area contributed by atoms with Crippen molar-refractivity contribution in [2.24, 2.45) is 0 Å². The average molecular weight is 709 g/mol. The molecule has 0 amide bonds. The van der Waals surface area contributed by atoms with Crippen molar-refractivity contribution in [3.05, 3.63) is 93.0 Å². The lowest BCUT2D eigenvalue weighted by atomic mass is 9.88. The van der Waals surface area contributed by atoms with E-state index in [2.05, 4.69) is 46.7 Å². The fourth-order valence-corrected chi connectivity index (χ4v) is 7.29. The summed E-state index contributed by atoms with van der Waals surface area (Å²) in [4.78, 5) is 0. The van der Waals surface area contributed by atoms with Gasteiger partial charge in [-0.25, -0.2) is 0 Å². The van der Waals surface area contributed by atoms with Gasteiger partial charge in [-0.3, -0.25) is 0 Å². The van der Waals surface area contributed by atoms with Crippen LogP contribution in [-0.2, 0) is 25.7 Å². The molecule has 0 spiro atoms. The molecule has 0 radical (unpaired) electrons. The number of hydrogen-bond acceptors (Lipinski definition) is 10. The van der Waals surface area contributed by atoms with E-state index in [9.17, 15) is 0 Å². The van der Waals surface area contributed by atoms with E-state index in [1.54, 1.807) is 56.9 Å². The van der Waals surface area contributed by atoms with E-state index in [-0.39, 0.29) is 12.1 Å². The van der Waals surface area contributed by atoms with E-state index < -0.39 is 0 Å². The molecule has 0 saturated heterocycles. The van der Waals surface area contributed by atoms with Gasteiger partial charge in [-0.05, 0) is 121 Å². The van der Waals surface area contributed by atoms with Crippen LogP contribution in [0.3, 0.4) is 0 Å². The van der Waals surface area contributed by atoms with Crippen LogP contribution in [0.15, 0.2) is 48.5 Å². The Morgan fingerprint density at radius 3 is 1.10 bits per heavy atom. The Morgan fingerprint density at radius 1 is 0.442 bits per heavy atom. The third kappa shape index (κ3) is 7.38.